The predicted octanol–water partition coefficient (Wildman–Crippen LogP) is 15.5. The summed E-state index contributed by atoms with van der Waals surface area (Å²) in [6.07, 6.45) is 7.34. The Bertz CT molecular complexity index is 4610. The fraction of sp³-hybridized carbons (Fsp3) is 0.452. The van der Waals surface area contributed by atoms with Crippen molar-refractivity contribution in [1.82, 2.24) is 31.9 Å². The van der Waals surface area contributed by atoms with Gasteiger partial charge in [0.15, 0.2) is 0 Å². The van der Waals surface area contributed by atoms with Gasteiger partial charge in [0.1, 0.15) is 77.4 Å². The van der Waals surface area contributed by atoms with E-state index in [0.717, 1.165) is 170 Å². The van der Waals surface area contributed by atoms with Crippen molar-refractivity contribution in [3.8, 4) is 51.7 Å². The van der Waals surface area contributed by atoms with E-state index < -0.39 is 0 Å². The van der Waals surface area contributed by atoms with Gasteiger partial charge in [-0.25, -0.2) is 4.39 Å². The zero-order valence-electron chi connectivity index (χ0n) is 76.6. The van der Waals surface area contributed by atoms with Crippen molar-refractivity contribution in [1.29, 1.82) is 0 Å². The number of para-hydroxylation sites is 3. The molecule has 3 heterocycles. The normalized spacial score (nSPS) is 16.4. The lowest BCUT2D eigenvalue weighted by atomic mass is 9.88. The molecule has 0 spiro atoms. The molecule has 3 fully saturated rings. The Balaban J connectivity index is 0.000000201. The molecule has 25 heteroatoms. The number of amides is 3. The summed E-state index contributed by atoms with van der Waals surface area (Å²) in [7, 11) is 5.01. The number of carbonyl (C=O) groups is 3. The van der Waals surface area contributed by atoms with E-state index >= 15 is 0 Å². The number of methoxy groups -OCH3 is 3. The molecule has 3 aliphatic heterocycles. The van der Waals surface area contributed by atoms with Crippen molar-refractivity contribution < 1.29 is 89.8 Å². The van der Waals surface area contributed by atoms with Gasteiger partial charge in [-0.1, -0.05) is 127 Å². The number of halogens is 1. The molecule has 3 saturated heterocycles. The number of carbonyl (C=O) groups excluding carboxylic acids is 3. The van der Waals surface area contributed by atoms with Crippen molar-refractivity contribution in [3.63, 3.8) is 0 Å². The van der Waals surface area contributed by atoms with Gasteiger partial charge in [-0.3, -0.25) is 14.4 Å². The van der Waals surface area contributed by atoms with Crippen LogP contribution in [0.4, 0.5) is 4.39 Å². The molecule has 24 nitrogen and oxygen atoms in total. The van der Waals surface area contributed by atoms with Gasteiger partial charge in [-0.15, -0.1) is 0 Å². The lowest BCUT2D eigenvalue weighted by Gasteiger charge is -2.32. The van der Waals surface area contributed by atoms with Crippen LogP contribution in [0.1, 0.15) is 138 Å². The smallest absolute Gasteiger partial charge is 0.216 e. The van der Waals surface area contributed by atoms with Gasteiger partial charge < -0.3 is 103 Å². The van der Waals surface area contributed by atoms with E-state index in [1.165, 1.54) is 49.1 Å². The summed E-state index contributed by atoms with van der Waals surface area (Å²) >= 11 is 0. The molecule has 6 N–H and O–H groups in total. The second-order valence-corrected chi connectivity index (χ2v) is 32.1. The van der Waals surface area contributed by atoms with Crippen molar-refractivity contribution in [2.45, 2.75) is 148 Å². The number of hydrogen-bond acceptors (Lipinski definition) is 21. The summed E-state index contributed by atoms with van der Waals surface area (Å²) in [4.78, 5) is 33.6. The van der Waals surface area contributed by atoms with Crippen molar-refractivity contribution in [3.05, 3.63) is 267 Å². The number of nitrogens with one attached hydrogen (secondary N) is 6. The van der Waals surface area contributed by atoms with E-state index in [-0.39, 0.29) is 47.8 Å². The summed E-state index contributed by atoms with van der Waals surface area (Å²) in [6.45, 7) is 23.2. The van der Waals surface area contributed by atoms with Gasteiger partial charge in [-0.05, 0) is 184 Å². The molecule has 12 rings (SSSR count). The average Bonchev–Trinajstić information content (AvgIpc) is 0.841. The molecule has 0 saturated carbocycles. The third-order valence-electron chi connectivity index (χ3n) is 22.5. The zero-order valence-corrected chi connectivity index (χ0v) is 76.6. The maximum Gasteiger partial charge on any atom is 0.216 e. The molecule has 3 amide bonds. The molecule has 6 atom stereocenters. The van der Waals surface area contributed by atoms with Crippen molar-refractivity contribution >= 4 is 17.7 Å². The highest BCUT2D eigenvalue weighted by molar-refractivity contribution is 5.73. The molecule has 3 aliphatic rings. The number of rotatable bonds is 51. The molecule has 9 aromatic rings. The lowest BCUT2D eigenvalue weighted by molar-refractivity contribution is -0.119. The van der Waals surface area contributed by atoms with Gasteiger partial charge >= 0.3 is 0 Å². The van der Waals surface area contributed by atoms with E-state index in [9.17, 15) is 18.8 Å². The quantitative estimate of drug-likeness (QED) is 0.0194. The van der Waals surface area contributed by atoms with Crippen LogP contribution in [0.5, 0.6) is 51.7 Å². The van der Waals surface area contributed by atoms with Gasteiger partial charge in [0, 0.05) is 119 Å². The summed E-state index contributed by atoms with van der Waals surface area (Å²) in [6, 6.07) is 65.9. The van der Waals surface area contributed by atoms with Crippen LogP contribution in [0.2, 0.25) is 0 Å². The van der Waals surface area contributed by atoms with Gasteiger partial charge in [0.2, 0.25) is 17.7 Å². The summed E-state index contributed by atoms with van der Waals surface area (Å²) in [5.74, 6) is 7.60. The summed E-state index contributed by atoms with van der Waals surface area (Å²) < 4.78 is 103. The zero-order chi connectivity index (χ0) is 90.8. The number of ether oxygens (including phenoxy) is 15. The molecule has 0 radical (unpaired) electrons. The van der Waals surface area contributed by atoms with Crippen LogP contribution in [0, 0.1) is 19.7 Å². The fourth-order valence-electron chi connectivity index (χ4n) is 15.8. The molecule has 0 bridgehead atoms. The lowest BCUT2D eigenvalue weighted by Crippen LogP contribution is -2.41. The molecule has 9 aromatic carbocycles. The molecule has 0 aliphatic carbocycles. The van der Waals surface area contributed by atoms with Crippen LogP contribution >= 0.6 is 0 Å². The monoisotopic (exact) mass is 1770 g/mol. The van der Waals surface area contributed by atoms with E-state index in [0.29, 0.717) is 148 Å². The first-order valence-corrected chi connectivity index (χ1v) is 45.4. The predicted molar refractivity (Wildman–Crippen MR) is 500 cm³/mol. The maximum atomic E-state index is 14.4. The van der Waals surface area contributed by atoms with Gasteiger partial charge in [0.25, 0.3) is 0 Å². The highest BCUT2D eigenvalue weighted by Gasteiger charge is 2.31. The minimum Gasteiger partial charge on any atom is -0.496 e. The Morgan fingerprint density at radius 2 is 0.698 bits per heavy atom. The van der Waals surface area contributed by atoms with Crippen molar-refractivity contribution in [2.24, 2.45) is 0 Å². The van der Waals surface area contributed by atoms with Crippen LogP contribution < -0.4 is 74.5 Å². The first-order chi connectivity index (χ1) is 63.1. The van der Waals surface area contributed by atoms with E-state index in [1.54, 1.807) is 33.5 Å². The average molecular weight is 1780 g/mol. The van der Waals surface area contributed by atoms with Crippen LogP contribution in [0.25, 0.3) is 0 Å². The number of piperidine rings is 3. The molecule has 0 unspecified atom stereocenters. The Hall–Kier alpha value is -10.8. The third kappa shape index (κ3) is 35.5. The van der Waals surface area contributed by atoms with Gasteiger partial charge in [-0.2, -0.15) is 0 Å². The molecule has 129 heavy (non-hydrogen) atoms. The van der Waals surface area contributed by atoms with Crippen LogP contribution in [0.3, 0.4) is 0 Å². The first-order valence-electron chi connectivity index (χ1n) is 45.4. The first kappa shape index (κ1) is 100. The summed E-state index contributed by atoms with van der Waals surface area (Å²) in [5, 5.41) is 18.8. The highest BCUT2D eigenvalue weighted by atomic mass is 19.1. The third-order valence-corrected chi connectivity index (χ3v) is 22.5. The maximum absolute atomic E-state index is 14.4. The Morgan fingerprint density at radius 3 is 1.10 bits per heavy atom. The largest absolute Gasteiger partial charge is 0.496 e. The SMILES string of the molecule is COc1ccccc1COCCCOc1ccc([C@H]2CCNC[C@@H]2OCCOc2cc(C)ccc2CCNC(C)=O)cc1.COc1ccccc1COCCCOc1ccc([C@H]2CCNC[C@@H]2OCCOc2ccc(C)cc2CCNC(C)=O)cc1.COc1ccccc1COCCCOc1ccc([C@H]2CCNC[C@@H]2OCCOc2cccc(F)c2CCNC(C)=O)cc1. The number of hydrogen-bond donors (Lipinski definition) is 6. The van der Waals surface area contributed by atoms with Crippen LogP contribution in [-0.4, -0.2) is 196 Å². The van der Waals surface area contributed by atoms with E-state index in [1.807, 2.05) is 127 Å². The fourth-order valence-corrected chi connectivity index (χ4v) is 15.8. The Labute approximate surface area is 762 Å². The highest BCUT2D eigenvalue weighted by Crippen LogP contribution is 2.35. The second-order valence-electron chi connectivity index (χ2n) is 32.1. The van der Waals surface area contributed by atoms with Crippen LogP contribution in [0.15, 0.2) is 200 Å². The Kier molecular flexibility index (Phi) is 44.5. The molecular weight excluding hydrogens is 1640 g/mol. The van der Waals surface area contributed by atoms with E-state index in [2.05, 4.69) is 100 Å². The standard InChI is InChI=1S/2C35H46N2O6.C34H43FN2O6/c1-26-9-14-34(29(23-26)15-18-37-27(2)38)42-21-22-43-35-24-36-17-16-32(35)28-10-12-31(13-11-28)41-20-6-19-40-25-30-7-4-5-8-33(30)39-3;1-26-9-10-29(15-18-37-27(2)38)34(23-26)42-21-22-43-35-24-36-17-16-32(35)28-11-13-31(14-12-28)41-20-6-19-40-25-30-7-4-5-8-33(30)39-3;1-25(38)37-18-16-30-31(35)8-5-10-33(30)42-21-22-43-34-23-36-17-15-29(34)26-11-13-28(14-12-26)41-20-6-19-40-24-27-7-3-4-9-32(27)39-2/h2*4-5,7-14,23,32,35-36H,6,15-22,24-25H2,1-3H3,(H,37,38);3-5,7-14,29,34,36H,6,15-24H2,1-2H3,(H,37,38)/t2*32-,35+;29-,34+/m111/s1. The van der Waals surface area contributed by atoms with Crippen LogP contribution in [-0.2, 0) is 81.9 Å². The van der Waals surface area contributed by atoms with E-state index in [4.69, 9.17) is 71.1 Å². The Morgan fingerprint density at radius 1 is 0.341 bits per heavy atom. The number of aryl methyl sites for hydroxylation is 2. The summed E-state index contributed by atoms with van der Waals surface area (Å²) in [5.41, 5.74) is 11.8. The molecule has 0 aromatic heterocycles. The minimum atomic E-state index is -0.342. The minimum absolute atomic E-state index is 0.00347. The topological polar surface area (TPSA) is 262 Å². The molecular formula is C104H135FN6O18. The second kappa shape index (κ2) is 57.3. The number of benzene rings is 9. The molecule has 696 valence electrons. The van der Waals surface area contributed by atoms with Crippen molar-refractivity contribution in [2.75, 3.05) is 160 Å². The van der Waals surface area contributed by atoms with Gasteiger partial charge in [0.05, 0.1) is 119 Å².